The van der Waals surface area contributed by atoms with Crippen molar-refractivity contribution in [3.8, 4) is 0 Å². The molecule has 0 atom stereocenters. The first kappa shape index (κ1) is 14.0. The summed E-state index contributed by atoms with van der Waals surface area (Å²) in [5.41, 5.74) is 1.03. The van der Waals surface area contributed by atoms with Crippen molar-refractivity contribution in [1.82, 2.24) is 0 Å². The van der Waals surface area contributed by atoms with Crippen LogP contribution in [0.15, 0.2) is 33.5 Å². The fourth-order valence-electron chi connectivity index (χ4n) is 2.02. The molecule has 0 aliphatic heterocycles. The topological polar surface area (TPSA) is 50.5 Å². The molecule has 2 rings (SSSR count). The van der Waals surface area contributed by atoms with Crippen LogP contribution in [0.5, 0.6) is 0 Å². The molecule has 100 valence electrons. The smallest absolute Gasteiger partial charge is 0.348 e. The Bertz CT molecular complexity index is 674. The molecule has 0 spiro atoms. The molecule has 5 heteroatoms. The fourth-order valence-corrected chi connectivity index (χ4v) is 2.40. The first-order valence-electron chi connectivity index (χ1n) is 6.09. The summed E-state index contributed by atoms with van der Waals surface area (Å²) in [4.78, 5) is 25.1. The molecular weight excluding hydrogens is 357 g/mol. The van der Waals surface area contributed by atoms with Gasteiger partial charge in [0.1, 0.15) is 11.1 Å². The summed E-state index contributed by atoms with van der Waals surface area (Å²) >= 11 is 1.59. The Morgan fingerprint density at radius 3 is 2.53 bits per heavy atom. The zero-order chi connectivity index (χ0) is 14.0. The average molecular weight is 371 g/mol. The first-order valence-corrected chi connectivity index (χ1v) is 7.17. The van der Waals surface area contributed by atoms with Crippen LogP contribution in [0.4, 0.5) is 5.69 Å². The van der Waals surface area contributed by atoms with Crippen molar-refractivity contribution >= 4 is 43.0 Å². The number of fused-ring (bicyclic) bond motifs is 1. The normalized spacial score (nSPS) is 10.7. The van der Waals surface area contributed by atoms with E-state index in [0.29, 0.717) is 5.58 Å². The van der Waals surface area contributed by atoms with Gasteiger partial charge in [0, 0.05) is 52.8 Å². The van der Waals surface area contributed by atoms with E-state index in [4.69, 9.17) is 4.42 Å². The molecule has 0 unspecified atom stereocenters. The van der Waals surface area contributed by atoms with Gasteiger partial charge in [0.15, 0.2) is 0 Å². The van der Waals surface area contributed by atoms with Crippen molar-refractivity contribution in [2.75, 3.05) is 18.0 Å². The van der Waals surface area contributed by atoms with Gasteiger partial charge >= 0.3 is 5.63 Å². The van der Waals surface area contributed by atoms with Crippen molar-refractivity contribution in [1.29, 1.82) is 0 Å². The van der Waals surface area contributed by atoms with Crippen LogP contribution in [-0.2, 0) is 0 Å². The van der Waals surface area contributed by atoms with Gasteiger partial charge in [0.2, 0.25) is 3.79 Å². The predicted octanol–water partition coefficient (Wildman–Crippen LogP) is 3.21. The molecule has 1 heterocycles. The van der Waals surface area contributed by atoms with Crippen molar-refractivity contribution in [2.24, 2.45) is 0 Å². The SMILES string of the molecule is CCN(CC)c1ccc2cc(C(=O)I)c(=O)oc2c1. The third-order valence-corrected chi connectivity index (χ3v) is 3.64. The third kappa shape index (κ3) is 2.80. The van der Waals surface area contributed by atoms with E-state index in [0.717, 1.165) is 24.2 Å². The second-order valence-electron chi connectivity index (χ2n) is 4.12. The minimum Gasteiger partial charge on any atom is -0.422 e. The zero-order valence-corrected chi connectivity index (χ0v) is 12.9. The Kier molecular flexibility index (Phi) is 4.24. The second-order valence-corrected chi connectivity index (χ2v) is 5.10. The standard InChI is InChI=1S/C14H14INO3/c1-3-16(4-2)10-6-5-9-7-11(13(15)17)14(18)19-12(9)8-10/h5-8H,3-4H2,1-2H3. The number of hydrogen-bond acceptors (Lipinski definition) is 4. The quantitative estimate of drug-likeness (QED) is 0.471. The highest BCUT2D eigenvalue weighted by molar-refractivity contribution is 14.1. The average Bonchev–Trinajstić information content (AvgIpc) is 2.38. The number of carbonyl (C=O) groups is 1. The van der Waals surface area contributed by atoms with E-state index in [1.165, 1.54) is 0 Å². The van der Waals surface area contributed by atoms with Crippen molar-refractivity contribution in [3.05, 3.63) is 40.2 Å². The Morgan fingerprint density at radius 1 is 1.26 bits per heavy atom. The molecule has 0 saturated carbocycles. The summed E-state index contributed by atoms with van der Waals surface area (Å²) < 4.78 is 4.92. The van der Waals surface area contributed by atoms with Gasteiger partial charge in [-0.1, -0.05) is 0 Å². The molecule has 2 aromatic rings. The maximum atomic E-state index is 11.7. The van der Waals surface area contributed by atoms with Gasteiger partial charge in [0.25, 0.3) is 0 Å². The van der Waals surface area contributed by atoms with E-state index < -0.39 is 5.63 Å². The van der Waals surface area contributed by atoms with Gasteiger partial charge in [-0.25, -0.2) is 4.79 Å². The number of anilines is 1. The molecule has 0 bridgehead atoms. The Morgan fingerprint density at radius 2 is 1.95 bits per heavy atom. The van der Waals surface area contributed by atoms with Gasteiger partial charge in [-0.15, -0.1) is 0 Å². The van der Waals surface area contributed by atoms with Crippen LogP contribution in [0.3, 0.4) is 0 Å². The van der Waals surface area contributed by atoms with E-state index in [9.17, 15) is 9.59 Å². The monoisotopic (exact) mass is 371 g/mol. The molecule has 4 nitrogen and oxygen atoms in total. The summed E-state index contributed by atoms with van der Waals surface area (Å²) in [6.07, 6.45) is 0. The Labute approximate surface area is 124 Å². The number of nitrogens with zero attached hydrogens (tertiary/aromatic N) is 1. The van der Waals surface area contributed by atoms with Gasteiger partial charge < -0.3 is 9.32 Å². The number of hydrogen-bond donors (Lipinski definition) is 0. The second kappa shape index (κ2) is 5.73. The lowest BCUT2D eigenvalue weighted by Gasteiger charge is -2.20. The molecule has 0 aliphatic rings. The van der Waals surface area contributed by atoms with Crippen LogP contribution < -0.4 is 10.5 Å². The lowest BCUT2D eigenvalue weighted by molar-refractivity contribution is 0.110. The lowest BCUT2D eigenvalue weighted by atomic mass is 10.1. The predicted molar refractivity (Wildman–Crippen MR) is 84.4 cm³/mol. The molecule has 0 aliphatic carbocycles. The van der Waals surface area contributed by atoms with Gasteiger partial charge in [0.05, 0.1) is 0 Å². The molecule has 19 heavy (non-hydrogen) atoms. The van der Waals surface area contributed by atoms with Crippen LogP contribution >= 0.6 is 22.6 Å². The van der Waals surface area contributed by atoms with Crippen molar-refractivity contribution < 1.29 is 9.21 Å². The highest BCUT2D eigenvalue weighted by Gasteiger charge is 2.11. The minimum absolute atomic E-state index is 0.0867. The van der Waals surface area contributed by atoms with Crippen LogP contribution in [0, 0.1) is 0 Å². The van der Waals surface area contributed by atoms with E-state index in [2.05, 4.69) is 18.7 Å². The zero-order valence-electron chi connectivity index (χ0n) is 10.8. The van der Waals surface area contributed by atoms with Crippen LogP contribution in [0.2, 0.25) is 0 Å². The number of rotatable bonds is 4. The van der Waals surface area contributed by atoms with Crippen LogP contribution in [0.25, 0.3) is 11.0 Å². The molecule has 1 aromatic carbocycles. The van der Waals surface area contributed by atoms with E-state index >= 15 is 0 Å². The highest BCUT2D eigenvalue weighted by Crippen LogP contribution is 2.22. The number of carbonyl (C=O) groups excluding carboxylic acids is 1. The van der Waals surface area contributed by atoms with Crippen LogP contribution in [-0.4, -0.2) is 16.9 Å². The first-order chi connectivity index (χ1) is 9.06. The molecule has 0 N–H and O–H groups in total. The Hall–Kier alpha value is -1.37. The largest absolute Gasteiger partial charge is 0.422 e. The van der Waals surface area contributed by atoms with Crippen molar-refractivity contribution in [2.45, 2.75) is 13.8 Å². The van der Waals surface area contributed by atoms with Gasteiger partial charge in [-0.3, -0.25) is 4.79 Å². The van der Waals surface area contributed by atoms with Crippen molar-refractivity contribution in [3.63, 3.8) is 0 Å². The third-order valence-electron chi connectivity index (χ3n) is 3.06. The maximum Gasteiger partial charge on any atom is 0.348 e. The highest BCUT2D eigenvalue weighted by atomic mass is 127. The number of benzene rings is 1. The molecular formula is C14H14INO3. The van der Waals surface area contributed by atoms with E-state index in [1.54, 1.807) is 28.7 Å². The molecule has 0 amide bonds. The summed E-state index contributed by atoms with van der Waals surface area (Å²) in [7, 11) is 0. The fraction of sp³-hybridized carbons (Fsp3) is 0.286. The minimum atomic E-state index is -0.580. The van der Waals surface area contributed by atoms with Crippen LogP contribution in [0.1, 0.15) is 24.2 Å². The Balaban J connectivity index is 2.59. The van der Waals surface area contributed by atoms with Gasteiger partial charge in [-0.2, -0.15) is 0 Å². The maximum absolute atomic E-state index is 11.7. The summed E-state index contributed by atoms with van der Waals surface area (Å²) in [5.74, 6) is 0. The molecule has 1 aromatic heterocycles. The summed E-state index contributed by atoms with van der Waals surface area (Å²) in [6, 6.07) is 7.26. The summed E-state index contributed by atoms with van der Waals surface area (Å²) in [5, 5.41) is 0.760. The number of halogens is 1. The van der Waals surface area contributed by atoms with Gasteiger partial charge in [-0.05, 0) is 32.0 Å². The lowest BCUT2D eigenvalue weighted by Crippen LogP contribution is -2.21. The molecule has 0 saturated heterocycles. The van der Waals surface area contributed by atoms with E-state index in [1.807, 2.05) is 18.2 Å². The summed E-state index contributed by atoms with van der Waals surface area (Å²) in [6.45, 7) is 5.91. The van der Waals surface area contributed by atoms with E-state index in [-0.39, 0.29) is 9.35 Å². The molecule has 0 fully saturated rings. The molecule has 0 radical (unpaired) electrons.